The van der Waals surface area contributed by atoms with Gasteiger partial charge in [-0.3, -0.25) is 19.1 Å². The van der Waals surface area contributed by atoms with Crippen LogP contribution in [0.25, 0.3) is 0 Å². The molecular formula is C25H28N6O3S. The van der Waals surface area contributed by atoms with Crippen molar-refractivity contribution in [1.29, 1.82) is 5.26 Å². The second-order valence-corrected chi connectivity index (χ2v) is 9.09. The molecule has 1 amide bonds. The molecule has 0 saturated heterocycles. The van der Waals surface area contributed by atoms with E-state index in [2.05, 4.69) is 16.0 Å². The lowest BCUT2D eigenvalue weighted by Crippen LogP contribution is -2.42. The van der Waals surface area contributed by atoms with Gasteiger partial charge in [-0.2, -0.15) is 5.26 Å². The van der Waals surface area contributed by atoms with Crippen molar-refractivity contribution < 1.29 is 4.79 Å². The molecule has 0 unspecified atom stereocenters. The Morgan fingerprint density at radius 1 is 1.26 bits per heavy atom. The van der Waals surface area contributed by atoms with Crippen molar-refractivity contribution in [2.24, 2.45) is 0 Å². The molecule has 3 rings (SSSR count). The molecule has 0 saturated carbocycles. The number of unbranched alkanes of at least 4 members (excludes halogenated alkanes) is 1. The summed E-state index contributed by atoms with van der Waals surface area (Å²) in [6.07, 6.45) is 1.42. The van der Waals surface area contributed by atoms with Gasteiger partial charge in [0.15, 0.2) is 5.69 Å². The summed E-state index contributed by atoms with van der Waals surface area (Å²) in [5.41, 5.74) is 7.69. The number of nitrogens with one attached hydrogen (secondary N) is 1. The minimum atomic E-state index is -0.714. The average molecular weight is 493 g/mol. The monoisotopic (exact) mass is 492 g/mol. The number of pyridine rings is 1. The Bertz CT molecular complexity index is 1370. The molecule has 0 spiro atoms. The fraction of sp³-hybridized carbons (Fsp3) is 0.320. The van der Waals surface area contributed by atoms with E-state index in [0.717, 1.165) is 35.0 Å². The number of hydrogen-bond acceptors (Lipinski definition) is 7. The lowest BCUT2D eigenvalue weighted by atomic mass is 10.1. The van der Waals surface area contributed by atoms with Gasteiger partial charge in [0, 0.05) is 12.2 Å². The lowest BCUT2D eigenvalue weighted by molar-refractivity contribution is -0.116. The summed E-state index contributed by atoms with van der Waals surface area (Å²) in [4.78, 5) is 46.8. The first-order valence-electron chi connectivity index (χ1n) is 11.2. The summed E-state index contributed by atoms with van der Waals surface area (Å²) < 4.78 is 1.25. The smallest absolute Gasteiger partial charge is 0.330 e. The van der Waals surface area contributed by atoms with E-state index in [0.29, 0.717) is 17.0 Å². The average Bonchev–Trinajstić information content (AvgIpc) is 2.82. The van der Waals surface area contributed by atoms with E-state index in [1.165, 1.54) is 9.47 Å². The van der Waals surface area contributed by atoms with Crippen LogP contribution in [0.15, 0.2) is 51.0 Å². The van der Waals surface area contributed by atoms with E-state index < -0.39 is 11.2 Å². The summed E-state index contributed by atoms with van der Waals surface area (Å²) in [5.74, 6) is -0.486. The van der Waals surface area contributed by atoms with Gasteiger partial charge >= 0.3 is 5.69 Å². The predicted molar refractivity (Wildman–Crippen MR) is 138 cm³/mol. The lowest BCUT2D eigenvalue weighted by Gasteiger charge is -2.24. The number of carbonyl (C=O) groups excluding carboxylic acids is 1. The number of H-pyrrole nitrogens is 1. The van der Waals surface area contributed by atoms with Crippen LogP contribution in [0.4, 0.5) is 11.5 Å². The number of rotatable bonds is 9. The molecule has 0 fully saturated rings. The van der Waals surface area contributed by atoms with E-state index in [-0.39, 0.29) is 36.3 Å². The highest BCUT2D eigenvalue weighted by Gasteiger charge is 2.25. The molecule has 35 heavy (non-hydrogen) atoms. The van der Waals surface area contributed by atoms with Gasteiger partial charge in [-0.05, 0) is 37.5 Å². The first kappa shape index (κ1) is 25.8. The fourth-order valence-electron chi connectivity index (χ4n) is 3.69. The Balaban J connectivity index is 1.97. The van der Waals surface area contributed by atoms with E-state index in [9.17, 15) is 19.6 Å². The van der Waals surface area contributed by atoms with Crippen molar-refractivity contribution in [3.05, 3.63) is 79.6 Å². The molecule has 10 heteroatoms. The summed E-state index contributed by atoms with van der Waals surface area (Å²) in [7, 11) is 0. The maximum atomic E-state index is 13.4. The zero-order valence-corrected chi connectivity index (χ0v) is 20.8. The molecule has 2 heterocycles. The maximum absolute atomic E-state index is 13.4. The number of benzene rings is 1. The highest BCUT2D eigenvalue weighted by molar-refractivity contribution is 8.00. The first-order valence-corrected chi connectivity index (χ1v) is 12.2. The van der Waals surface area contributed by atoms with Crippen LogP contribution in [-0.4, -0.2) is 32.7 Å². The number of nitrogens with zero attached hydrogens (tertiary/aromatic N) is 4. The van der Waals surface area contributed by atoms with Crippen LogP contribution in [0.1, 0.15) is 42.1 Å². The standard InChI is InChI=1S/C25H28N6O3S/c1-4-5-11-30(20(32)15-35-24-19(13-26)16(2)12-17(3)28-24)21-22(27)31(25(34)29-23(21)33)14-18-9-7-6-8-10-18/h6-10,12H,4-5,11,14-15,27H2,1-3H3,(H,29,33,34). The van der Waals surface area contributed by atoms with Crippen LogP contribution in [0, 0.1) is 25.2 Å². The van der Waals surface area contributed by atoms with Gasteiger partial charge in [0.2, 0.25) is 5.91 Å². The number of anilines is 2. The quantitative estimate of drug-likeness (QED) is 0.438. The van der Waals surface area contributed by atoms with E-state index in [4.69, 9.17) is 5.73 Å². The first-order chi connectivity index (χ1) is 16.8. The van der Waals surface area contributed by atoms with E-state index >= 15 is 0 Å². The number of aromatic amines is 1. The second-order valence-electron chi connectivity index (χ2n) is 8.12. The molecule has 0 bridgehead atoms. The number of hydrogen-bond donors (Lipinski definition) is 2. The van der Waals surface area contributed by atoms with Crippen molar-refractivity contribution in [3.8, 4) is 6.07 Å². The molecule has 182 valence electrons. The topological polar surface area (TPSA) is 138 Å². The maximum Gasteiger partial charge on any atom is 0.330 e. The molecule has 3 N–H and O–H groups in total. The minimum Gasteiger partial charge on any atom is -0.383 e. The summed E-state index contributed by atoms with van der Waals surface area (Å²) >= 11 is 1.14. The molecule has 2 aromatic heterocycles. The van der Waals surface area contributed by atoms with E-state index in [1.807, 2.05) is 57.2 Å². The predicted octanol–water partition coefficient (Wildman–Crippen LogP) is 2.98. The van der Waals surface area contributed by atoms with Crippen molar-refractivity contribution in [2.45, 2.75) is 45.2 Å². The zero-order valence-electron chi connectivity index (χ0n) is 20.0. The number of nitrogens with two attached hydrogens (primary N) is 1. The van der Waals surface area contributed by atoms with Crippen molar-refractivity contribution in [3.63, 3.8) is 0 Å². The Morgan fingerprint density at radius 3 is 2.63 bits per heavy atom. The Morgan fingerprint density at radius 2 is 1.97 bits per heavy atom. The van der Waals surface area contributed by atoms with Crippen molar-refractivity contribution in [2.75, 3.05) is 22.9 Å². The number of aromatic nitrogens is 3. The van der Waals surface area contributed by atoms with Gasteiger partial charge in [0.1, 0.15) is 16.9 Å². The third-order valence-corrected chi connectivity index (χ3v) is 6.42. The molecule has 1 aromatic carbocycles. The van der Waals surface area contributed by atoms with Crippen LogP contribution in [0.3, 0.4) is 0 Å². The Hall–Kier alpha value is -3.84. The third kappa shape index (κ3) is 6.00. The van der Waals surface area contributed by atoms with Gasteiger partial charge in [0.05, 0.1) is 17.9 Å². The molecule has 3 aromatic rings. The van der Waals surface area contributed by atoms with Gasteiger partial charge < -0.3 is 10.6 Å². The number of nitrogen functional groups attached to an aromatic ring is 1. The largest absolute Gasteiger partial charge is 0.383 e. The highest BCUT2D eigenvalue weighted by Crippen LogP contribution is 2.26. The fourth-order valence-corrected chi connectivity index (χ4v) is 4.67. The van der Waals surface area contributed by atoms with Gasteiger partial charge in [0.25, 0.3) is 5.56 Å². The summed E-state index contributed by atoms with van der Waals surface area (Å²) in [5, 5.41) is 9.98. The summed E-state index contributed by atoms with van der Waals surface area (Å²) in [6.45, 7) is 6.03. The number of amides is 1. The number of nitriles is 1. The molecule has 0 radical (unpaired) electrons. The number of thioether (sulfide) groups is 1. The van der Waals surface area contributed by atoms with Gasteiger partial charge in [-0.1, -0.05) is 55.4 Å². The van der Waals surface area contributed by atoms with Crippen LogP contribution < -0.4 is 21.9 Å². The normalized spacial score (nSPS) is 10.7. The SMILES string of the molecule is CCCCN(C(=O)CSc1nc(C)cc(C)c1C#N)c1c(N)n(Cc2ccccc2)c(=O)[nH]c1=O. The van der Waals surface area contributed by atoms with Crippen molar-refractivity contribution >= 4 is 29.2 Å². The molecule has 0 aliphatic heterocycles. The molecule has 0 aliphatic rings. The van der Waals surface area contributed by atoms with Crippen molar-refractivity contribution in [1.82, 2.24) is 14.5 Å². The van der Waals surface area contributed by atoms with E-state index in [1.54, 1.807) is 0 Å². The number of carbonyl (C=O) groups is 1. The Labute approximate surface area is 207 Å². The van der Waals surface area contributed by atoms with Crippen LogP contribution in [0.5, 0.6) is 0 Å². The minimum absolute atomic E-state index is 0.0477. The highest BCUT2D eigenvalue weighted by atomic mass is 32.2. The zero-order chi connectivity index (χ0) is 25.5. The number of aryl methyl sites for hydroxylation is 2. The van der Waals surface area contributed by atoms with Crippen LogP contribution in [-0.2, 0) is 11.3 Å². The Kier molecular flexibility index (Phi) is 8.49. The molecule has 0 atom stereocenters. The second kappa shape index (κ2) is 11.5. The van der Waals surface area contributed by atoms with Crippen LogP contribution in [0.2, 0.25) is 0 Å². The molecule has 0 aliphatic carbocycles. The van der Waals surface area contributed by atoms with Gasteiger partial charge in [-0.25, -0.2) is 9.78 Å². The van der Waals surface area contributed by atoms with Crippen LogP contribution >= 0.6 is 11.8 Å². The van der Waals surface area contributed by atoms with Gasteiger partial charge in [-0.15, -0.1) is 0 Å². The molecule has 9 nitrogen and oxygen atoms in total. The summed E-state index contributed by atoms with van der Waals surface area (Å²) in [6, 6.07) is 13.2. The molecular weight excluding hydrogens is 464 g/mol. The third-order valence-electron chi connectivity index (χ3n) is 5.46.